The minimum Gasteiger partial charge on any atom is -0.385 e. The van der Waals surface area contributed by atoms with Gasteiger partial charge in [0.25, 0.3) is 0 Å². The van der Waals surface area contributed by atoms with Gasteiger partial charge in [0.1, 0.15) is 0 Å². The van der Waals surface area contributed by atoms with Crippen molar-refractivity contribution in [1.82, 2.24) is 0 Å². The van der Waals surface area contributed by atoms with E-state index in [2.05, 4.69) is 21.2 Å². The average Bonchev–Trinajstić information content (AvgIpc) is 2.39. The van der Waals surface area contributed by atoms with Crippen LogP contribution in [0, 0.1) is 0 Å². The zero-order valence-electron chi connectivity index (χ0n) is 11.1. The van der Waals surface area contributed by atoms with Gasteiger partial charge in [0.2, 0.25) is 5.91 Å². The maximum Gasteiger partial charge on any atom is 0.241 e. The van der Waals surface area contributed by atoms with E-state index in [-0.39, 0.29) is 5.91 Å². The molecule has 5 nitrogen and oxygen atoms in total. The lowest BCUT2D eigenvalue weighted by atomic mass is 10.1. The summed E-state index contributed by atoms with van der Waals surface area (Å²) in [5, 5.41) is 2.82. The van der Waals surface area contributed by atoms with Crippen molar-refractivity contribution < 1.29 is 14.3 Å². The molecule has 106 valence electrons. The fourth-order valence-corrected chi connectivity index (χ4v) is 2.05. The molecule has 0 spiro atoms. The van der Waals surface area contributed by atoms with Crippen LogP contribution >= 0.6 is 15.9 Å². The monoisotopic (exact) mass is 330 g/mol. The Hall–Kier alpha value is -0.950. The zero-order chi connectivity index (χ0) is 14.3. The molecule has 1 amide bonds. The highest BCUT2D eigenvalue weighted by molar-refractivity contribution is 9.10. The van der Waals surface area contributed by atoms with Crippen LogP contribution in [0.3, 0.4) is 0 Å². The van der Waals surface area contributed by atoms with Crippen molar-refractivity contribution in [1.29, 1.82) is 0 Å². The van der Waals surface area contributed by atoms with E-state index in [0.29, 0.717) is 25.3 Å². The summed E-state index contributed by atoms with van der Waals surface area (Å²) in [6.45, 7) is 0.863. The number of ether oxygens (including phenoxy) is 2. The van der Waals surface area contributed by atoms with Gasteiger partial charge < -0.3 is 20.5 Å². The van der Waals surface area contributed by atoms with Gasteiger partial charge in [0.05, 0.1) is 12.6 Å². The summed E-state index contributed by atoms with van der Waals surface area (Å²) in [4.78, 5) is 11.9. The Morgan fingerprint density at radius 3 is 2.79 bits per heavy atom. The number of halogens is 1. The van der Waals surface area contributed by atoms with Crippen molar-refractivity contribution in [3.63, 3.8) is 0 Å². The van der Waals surface area contributed by atoms with Gasteiger partial charge in [-0.2, -0.15) is 0 Å². The molecule has 6 heteroatoms. The molecule has 1 atom stereocenters. The fourth-order valence-electron chi connectivity index (χ4n) is 1.57. The third-order valence-corrected chi connectivity index (χ3v) is 3.38. The lowest BCUT2D eigenvalue weighted by molar-refractivity contribution is -0.117. The van der Waals surface area contributed by atoms with Gasteiger partial charge in [-0.25, -0.2) is 0 Å². The van der Waals surface area contributed by atoms with E-state index in [1.54, 1.807) is 14.2 Å². The largest absolute Gasteiger partial charge is 0.385 e. The molecular weight excluding hydrogens is 312 g/mol. The minimum atomic E-state index is -0.589. The molecule has 0 heterocycles. The van der Waals surface area contributed by atoms with Crippen molar-refractivity contribution in [3.05, 3.63) is 28.2 Å². The van der Waals surface area contributed by atoms with Gasteiger partial charge in [0, 0.05) is 36.6 Å². The number of carbonyl (C=O) groups is 1. The number of benzene rings is 1. The first-order valence-corrected chi connectivity index (χ1v) is 6.71. The van der Waals surface area contributed by atoms with Crippen LogP contribution in [-0.4, -0.2) is 32.8 Å². The van der Waals surface area contributed by atoms with E-state index in [4.69, 9.17) is 15.2 Å². The first-order valence-electron chi connectivity index (χ1n) is 5.91. The lowest BCUT2D eigenvalue weighted by Gasteiger charge is -2.15. The van der Waals surface area contributed by atoms with Crippen LogP contribution in [0.1, 0.15) is 12.0 Å². The second-order valence-electron chi connectivity index (χ2n) is 4.08. The number of nitrogens with one attached hydrogen (secondary N) is 1. The smallest absolute Gasteiger partial charge is 0.241 e. The first kappa shape index (κ1) is 16.1. The number of amides is 1. The predicted molar refractivity (Wildman–Crippen MR) is 78.0 cm³/mol. The number of methoxy groups -OCH3 is 2. The zero-order valence-corrected chi connectivity index (χ0v) is 12.7. The van der Waals surface area contributed by atoms with E-state index in [1.807, 2.05) is 18.2 Å². The molecule has 0 radical (unpaired) electrons. The normalized spacial score (nSPS) is 12.2. The summed E-state index contributed by atoms with van der Waals surface area (Å²) >= 11 is 3.43. The van der Waals surface area contributed by atoms with Gasteiger partial charge in [-0.3, -0.25) is 4.79 Å². The Labute approximate surface area is 121 Å². The third-order valence-electron chi connectivity index (χ3n) is 2.64. The fraction of sp³-hybridized carbons (Fsp3) is 0.462. The highest BCUT2D eigenvalue weighted by Crippen LogP contribution is 2.25. The Morgan fingerprint density at radius 1 is 1.42 bits per heavy atom. The van der Waals surface area contributed by atoms with Crippen molar-refractivity contribution in [2.24, 2.45) is 5.73 Å². The van der Waals surface area contributed by atoms with Crippen LogP contribution in [0.5, 0.6) is 0 Å². The molecule has 0 saturated carbocycles. The quantitative estimate of drug-likeness (QED) is 0.800. The SMILES string of the molecule is COCCC(N)C(=O)Nc1cccc(Br)c1COC. The molecule has 1 aromatic rings. The maximum atomic E-state index is 11.9. The summed E-state index contributed by atoms with van der Waals surface area (Å²) < 4.78 is 10.9. The number of rotatable bonds is 7. The summed E-state index contributed by atoms with van der Waals surface area (Å²) in [5.74, 6) is -0.229. The maximum absolute atomic E-state index is 11.9. The van der Waals surface area contributed by atoms with Crippen molar-refractivity contribution in [3.8, 4) is 0 Å². The van der Waals surface area contributed by atoms with Gasteiger partial charge >= 0.3 is 0 Å². The molecule has 0 aliphatic carbocycles. The standard InChI is InChI=1S/C13H19BrN2O3/c1-18-7-6-11(15)13(17)16-12-5-3-4-10(14)9(12)8-19-2/h3-5,11H,6-8,15H2,1-2H3,(H,16,17). The third kappa shape index (κ3) is 4.91. The van der Waals surface area contributed by atoms with E-state index in [1.165, 1.54) is 0 Å². The van der Waals surface area contributed by atoms with Gasteiger partial charge in [0.15, 0.2) is 0 Å². The van der Waals surface area contributed by atoms with Crippen LogP contribution in [0.25, 0.3) is 0 Å². The second-order valence-corrected chi connectivity index (χ2v) is 4.93. The van der Waals surface area contributed by atoms with Crippen LogP contribution in [-0.2, 0) is 20.9 Å². The molecule has 0 aromatic heterocycles. The summed E-state index contributed by atoms with van der Waals surface area (Å²) in [5.41, 5.74) is 7.37. The summed E-state index contributed by atoms with van der Waals surface area (Å²) in [7, 11) is 3.19. The van der Waals surface area contributed by atoms with Crippen molar-refractivity contribution in [2.45, 2.75) is 19.1 Å². The highest BCUT2D eigenvalue weighted by Gasteiger charge is 2.15. The summed E-state index contributed by atoms with van der Waals surface area (Å²) in [6.07, 6.45) is 0.482. The molecule has 19 heavy (non-hydrogen) atoms. The van der Waals surface area contributed by atoms with Crippen LogP contribution < -0.4 is 11.1 Å². The second kappa shape index (κ2) is 8.27. The number of hydrogen-bond acceptors (Lipinski definition) is 4. The molecule has 1 unspecified atom stereocenters. The van der Waals surface area contributed by atoms with Crippen LogP contribution in [0.15, 0.2) is 22.7 Å². The van der Waals surface area contributed by atoms with E-state index in [0.717, 1.165) is 10.0 Å². The Kier molecular flexibility index (Phi) is 7.01. The van der Waals surface area contributed by atoms with Crippen molar-refractivity contribution >= 4 is 27.5 Å². The molecule has 0 fully saturated rings. The number of carbonyl (C=O) groups excluding carboxylic acids is 1. The number of anilines is 1. The molecule has 3 N–H and O–H groups in total. The Morgan fingerprint density at radius 2 is 2.16 bits per heavy atom. The van der Waals surface area contributed by atoms with E-state index >= 15 is 0 Å². The molecule has 0 aliphatic heterocycles. The predicted octanol–water partition coefficient (Wildman–Crippen LogP) is 1.90. The molecular formula is C13H19BrN2O3. The highest BCUT2D eigenvalue weighted by atomic mass is 79.9. The number of nitrogens with two attached hydrogens (primary N) is 1. The van der Waals surface area contributed by atoms with E-state index in [9.17, 15) is 4.79 Å². The first-order chi connectivity index (χ1) is 9.10. The minimum absolute atomic E-state index is 0.229. The molecule has 0 bridgehead atoms. The van der Waals surface area contributed by atoms with Gasteiger partial charge in [-0.05, 0) is 18.6 Å². The average molecular weight is 331 g/mol. The van der Waals surface area contributed by atoms with Crippen molar-refractivity contribution in [2.75, 3.05) is 26.1 Å². The Balaban J connectivity index is 2.75. The molecule has 1 aromatic carbocycles. The Bertz CT molecular complexity index is 426. The molecule has 0 aliphatic rings. The van der Waals surface area contributed by atoms with Gasteiger partial charge in [-0.15, -0.1) is 0 Å². The van der Waals surface area contributed by atoms with Gasteiger partial charge in [-0.1, -0.05) is 22.0 Å². The van der Waals surface area contributed by atoms with Crippen LogP contribution in [0.4, 0.5) is 5.69 Å². The number of hydrogen-bond donors (Lipinski definition) is 2. The summed E-state index contributed by atoms with van der Waals surface area (Å²) in [6, 6.07) is 4.98. The molecule has 0 saturated heterocycles. The lowest BCUT2D eigenvalue weighted by Crippen LogP contribution is -2.36. The van der Waals surface area contributed by atoms with Crippen LogP contribution in [0.2, 0.25) is 0 Å². The topological polar surface area (TPSA) is 73.6 Å². The molecule has 1 rings (SSSR count). The van der Waals surface area contributed by atoms with E-state index < -0.39 is 6.04 Å².